The zero-order valence-electron chi connectivity index (χ0n) is 12.0. The van der Waals surface area contributed by atoms with Crippen LogP contribution in [0.3, 0.4) is 0 Å². The molecule has 1 aromatic rings. The molecular formula is C15H18Cl3NO2. The van der Waals surface area contributed by atoms with Crippen molar-refractivity contribution < 1.29 is 9.90 Å². The van der Waals surface area contributed by atoms with Crippen LogP contribution in [-0.2, 0) is 10.2 Å². The predicted molar refractivity (Wildman–Crippen MR) is 88.6 cm³/mol. The number of aliphatic hydroxyl groups is 1. The number of carbonyl (C=O) groups is 1. The van der Waals surface area contributed by atoms with Gasteiger partial charge in [0.05, 0.1) is 0 Å². The average molecular weight is 351 g/mol. The molecule has 0 radical (unpaired) electrons. The monoisotopic (exact) mass is 349 g/mol. The number of nitrogens with one attached hydrogen (secondary N) is 1. The summed E-state index contributed by atoms with van der Waals surface area (Å²) in [5.74, 6) is -0.547. The summed E-state index contributed by atoms with van der Waals surface area (Å²) in [6, 6.07) is 7.84. The Hall–Kier alpha value is -0.740. The number of amides is 1. The van der Waals surface area contributed by atoms with Gasteiger partial charge in [0.15, 0.2) is 6.23 Å². The fourth-order valence-corrected chi connectivity index (χ4v) is 1.69. The molecule has 0 saturated heterocycles. The Morgan fingerprint density at radius 1 is 1.19 bits per heavy atom. The Morgan fingerprint density at radius 3 is 2.14 bits per heavy atom. The molecule has 1 unspecified atom stereocenters. The van der Waals surface area contributed by atoms with Gasteiger partial charge in [-0.2, -0.15) is 0 Å². The Morgan fingerprint density at radius 2 is 1.71 bits per heavy atom. The van der Waals surface area contributed by atoms with Gasteiger partial charge in [-0.05, 0) is 22.6 Å². The van der Waals surface area contributed by atoms with Crippen molar-refractivity contribution in [2.75, 3.05) is 0 Å². The number of aliphatic hydroxyl groups excluding tert-OH is 1. The second-order valence-corrected chi connectivity index (χ2v) is 8.03. The third kappa shape index (κ3) is 6.27. The van der Waals surface area contributed by atoms with Crippen LogP contribution in [0.25, 0.3) is 6.08 Å². The first kappa shape index (κ1) is 18.3. The molecule has 1 atom stereocenters. The third-order valence-corrected chi connectivity index (χ3v) is 3.41. The van der Waals surface area contributed by atoms with Crippen LogP contribution in [0.5, 0.6) is 0 Å². The van der Waals surface area contributed by atoms with Crippen molar-refractivity contribution in [2.45, 2.75) is 36.2 Å². The summed E-state index contributed by atoms with van der Waals surface area (Å²) in [7, 11) is 0. The van der Waals surface area contributed by atoms with Gasteiger partial charge in [0.2, 0.25) is 9.70 Å². The lowest BCUT2D eigenvalue weighted by Crippen LogP contribution is -2.42. The van der Waals surface area contributed by atoms with Gasteiger partial charge in [-0.1, -0.05) is 79.8 Å². The van der Waals surface area contributed by atoms with Crippen LogP contribution in [0.15, 0.2) is 30.3 Å². The molecule has 0 fully saturated rings. The minimum absolute atomic E-state index is 0.0775. The molecule has 3 nitrogen and oxygen atoms in total. The van der Waals surface area contributed by atoms with Crippen molar-refractivity contribution in [1.82, 2.24) is 5.32 Å². The number of rotatable bonds is 3. The molecule has 0 aliphatic heterocycles. The molecule has 21 heavy (non-hydrogen) atoms. The molecule has 2 N–H and O–H groups in total. The van der Waals surface area contributed by atoms with Gasteiger partial charge >= 0.3 is 0 Å². The minimum atomic E-state index is -1.96. The zero-order valence-corrected chi connectivity index (χ0v) is 14.3. The number of carbonyl (C=O) groups excluding carboxylic acids is 1. The number of halogens is 3. The van der Waals surface area contributed by atoms with E-state index in [0.717, 1.165) is 5.56 Å². The molecule has 1 amide bonds. The SMILES string of the molecule is CC(C)(C)c1ccc(/C=C/C(=O)NC(O)C(Cl)(Cl)Cl)cc1. The van der Waals surface area contributed by atoms with E-state index in [1.807, 2.05) is 24.3 Å². The second-order valence-electron chi connectivity index (χ2n) is 5.66. The maximum absolute atomic E-state index is 11.6. The van der Waals surface area contributed by atoms with Crippen LogP contribution >= 0.6 is 34.8 Å². The molecular weight excluding hydrogens is 333 g/mol. The highest BCUT2D eigenvalue weighted by molar-refractivity contribution is 6.68. The van der Waals surface area contributed by atoms with Gasteiger partial charge < -0.3 is 10.4 Å². The van der Waals surface area contributed by atoms with E-state index in [1.54, 1.807) is 6.08 Å². The van der Waals surface area contributed by atoms with Crippen LogP contribution in [0.2, 0.25) is 0 Å². The van der Waals surface area contributed by atoms with Gasteiger partial charge in [-0.15, -0.1) is 0 Å². The molecule has 0 bridgehead atoms. The van der Waals surface area contributed by atoms with Crippen molar-refractivity contribution in [3.63, 3.8) is 0 Å². The summed E-state index contributed by atoms with van der Waals surface area (Å²) in [6.07, 6.45) is 1.32. The standard InChI is InChI=1S/C15H18Cl3NO2/c1-14(2,3)11-7-4-10(5-8-11)6-9-12(20)19-13(21)15(16,17)18/h4-9,13,21H,1-3H3,(H,19,20)/b9-6+. The van der Waals surface area contributed by atoms with E-state index in [2.05, 4.69) is 26.1 Å². The lowest BCUT2D eigenvalue weighted by Gasteiger charge is -2.19. The van der Waals surface area contributed by atoms with E-state index in [4.69, 9.17) is 34.8 Å². The Bertz CT molecular complexity index is 513. The first-order valence-electron chi connectivity index (χ1n) is 6.34. The van der Waals surface area contributed by atoms with Crippen molar-refractivity contribution in [1.29, 1.82) is 0 Å². The highest BCUT2D eigenvalue weighted by Gasteiger charge is 2.31. The van der Waals surface area contributed by atoms with E-state index >= 15 is 0 Å². The number of benzene rings is 1. The first-order valence-corrected chi connectivity index (χ1v) is 7.47. The summed E-state index contributed by atoms with van der Waals surface area (Å²) >= 11 is 16.3. The molecule has 0 heterocycles. The van der Waals surface area contributed by atoms with Crippen molar-refractivity contribution in [3.05, 3.63) is 41.5 Å². The summed E-state index contributed by atoms with van der Waals surface area (Å²) in [5, 5.41) is 11.6. The Labute approximate surface area is 139 Å². The van der Waals surface area contributed by atoms with E-state index in [1.165, 1.54) is 11.6 Å². The van der Waals surface area contributed by atoms with Gasteiger partial charge in [-0.25, -0.2) is 0 Å². The highest BCUT2D eigenvalue weighted by atomic mass is 35.6. The van der Waals surface area contributed by atoms with E-state index in [0.29, 0.717) is 0 Å². The smallest absolute Gasteiger partial charge is 0.246 e. The lowest BCUT2D eigenvalue weighted by atomic mass is 9.87. The molecule has 116 valence electrons. The molecule has 6 heteroatoms. The zero-order chi connectivity index (χ0) is 16.3. The Kier molecular flexibility index (Phi) is 6.11. The van der Waals surface area contributed by atoms with Crippen LogP contribution < -0.4 is 5.32 Å². The van der Waals surface area contributed by atoms with Crippen molar-refractivity contribution in [2.24, 2.45) is 0 Å². The average Bonchev–Trinajstić information content (AvgIpc) is 2.34. The maximum atomic E-state index is 11.6. The minimum Gasteiger partial charge on any atom is -0.369 e. The van der Waals surface area contributed by atoms with Crippen LogP contribution in [0, 0.1) is 0 Å². The van der Waals surface area contributed by atoms with Gasteiger partial charge in [-0.3, -0.25) is 4.79 Å². The molecule has 1 aromatic carbocycles. The predicted octanol–water partition coefficient (Wildman–Crippen LogP) is 3.80. The van der Waals surface area contributed by atoms with Crippen molar-refractivity contribution >= 4 is 46.8 Å². The van der Waals surface area contributed by atoms with E-state index < -0.39 is 15.9 Å². The maximum Gasteiger partial charge on any atom is 0.246 e. The molecule has 1 rings (SSSR count). The molecule has 0 aromatic heterocycles. The fraction of sp³-hybridized carbons (Fsp3) is 0.400. The van der Waals surface area contributed by atoms with E-state index in [9.17, 15) is 9.90 Å². The summed E-state index contributed by atoms with van der Waals surface area (Å²) in [4.78, 5) is 11.6. The van der Waals surface area contributed by atoms with Gasteiger partial charge in [0.1, 0.15) is 0 Å². The second kappa shape index (κ2) is 7.01. The molecule has 0 spiro atoms. The van der Waals surface area contributed by atoms with Crippen LogP contribution in [0.1, 0.15) is 31.9 Å². The normalized spacial score (nSPS) is 14.2. The van der Waals surface area contributed by atoms with Gasteiger partial charge in [0.25, 0.3) is 0 Å². The number of hydrogen-bond donors (Lipinski definition) is 2. The largest absolute Gasteiger partial charge is 0.369 e. The highest BCUT2D eigenvalue weighted by Crippen LogP contribution is 2.28. The van der Waals surface area contributed by atoms with E-state index in [-0.39, 0.29) is 5.41 Å². The summed E-state index contributed by atoms with van der Waals surface area (Å²) in [5.41, 5.74) is 2.14. The molecule has 0 aliphatic carbocycles. The van der Waals surface area contributed by atoms with Crippen LogP contribution in [-0.4, -0.2) is 21.0 Å². The number of alkyl halides is 3. The third-order valence-electron chi connectivity index (χ3n) is 2.79. The number of hydrogen-bond acceptors (Lipinski definition) is 2. The summed E-state index contributed by atoms with van der Waals surface area (Å²) < 4.78 is -1.96. The molecule has 0 saturated carbocycles. The lowest BCUT2D eigenvalue weighted by molar-refractivity contribution is -0.119. The van der Waals surface area contributed by atoms with Crippen molar-refractivity contribution in [3.8, 4) is 0 Å². The topological polar surface area (TPSA) is 49.3 Å². The quantitative estimate of drug-likeness (QED) is 0.495. The summed E-state index contributed by atoms with van der Waals surface area (Å²) in [6.45, 7) is 6.39. The van der Waals surface area contributed by atoms with Gasteiger partial charge in [0, 0.05) is 6.08 Å². The van der Waals surface area contributed by atoms with Crippen LogP contribution in [0.4, 0.5) is 0 Å². The Balaban J connectivity index is 2.67. The molecule has 0 aliphatic rings. The first-order chi connectivity index (χ1) is 9.50. The fourth-order valence-electron chi connectivity index (χ4n) is 1.53.